The molecular formula is C16H22N4O. The van der Waals surface area contributed by atoms with E-state index in [2.05, 4.69) is 22.2 Å². The minimum absolute atomic E-state index is 0.218. The van der Waals surface area contributed by atoms with Crippen molar-refractivity contribution in [3.8, 4) is 0 Å². The van der Waals surface area contributed by atoms with Gasteiger partial charge in [-0.15, -0.1) is 6.58 Å². The van der Waals surface area contributed by atoms with Crippen LogP contribution in [0.25, 0.3) is 0 Å². The van der Waals surface area contributed by atoms with Crippen LogP contribution in [-0.4, -0.2) is 32.0 Å². The number of amides is 1. The summed E-state index contributed by atoms with van der Waals surface area (Å²) in [5, 5.41) is 6.35. The SMILES string of the molecule is C=CCNC(=NC)NCc1ccc(N2CCCC2=O)cc1. The normalized spacial score (nSPS) is 15.2. The van der Waals surface area contributed by atoms with Gasteiger partial charge < -0.3 is 15.5 Å². The van der Waals surface area contributed by atoms with E-state index < -0.39 is 0 Å². The van der Waals surface area contributed by atoms with E-state index in [-0.39, 0.29) is 5.91 Å². The highest BCUT2D eigenvalue weighted by atomic mass is 16.2. The van der Waals surface area contributed by atoms with Gasteiger partial charge in [0.1, 0.15) is 0 Å². The van der Waals surface area contributed by atoms with Gasteiger partial charge in [-0.05, 0) is 24.1 Å². The molecule has 1 amide bonds. The highest BCUT2D eigenvalue weighted by molar-refractivity contribution is 5.95. The Kier molecular flexibility index (Phi) is 5.37. The maximum Gasteiger partial charge on any atom is 0.227 e. The molecule has 112 valence electrons. The summed E-state index contributed by atoms with van der Waals surface area (Å²) >= 11 is 0. The first-order chi connectivity index (χ1) is 10.2. The Labute approximate surface area is 125 Å². The van der Waals surface area contributed by atoms with Gasteiger partial charge in [-0.25, -0.2) is 0 Å². The molecule has 0 aromatic heterocycles. The van der Waals surface area contributed by atoms with Crippen molar-refractivity contribution >= 4 is 17.6 Å². The molecule has 0 aliphatic carbocycles. The van der Waals surface area contributed by atoms with Crippen LogP contribution >= 0.6 is 0 Å². The van der Waals surface area contributed by atoms with Crippen LogP contribution in [0.2, 0.25) is 0 Å². The number of hydrogen-bond donors (Lipinski definition) is 2. The Bertz CT molecular complexity index is 522. The smallest absolute Gasteiger partial charge is 0.227 e. The van der Waals surface area contributed by atoms with Crippen LogP contribution in [-0.2, 0) is 11.3 Å². The highest BCUT2D eigenvalue weighted by Crippen LogP contribution is 2.21. The molecule has 0 bridgehead atoms. The lowest BCUT2D eigenvalue weighted by atomic mass is 10.2. The Hall–Kier alpha value is -2.30. The van der Waals surface area contributed by atoms with E-state index in [9.17, 15) is 4.79 Å². The third kappa shape index (κ3) is 4.08. The molecule has 21 heavy (non-hydrogen) atoms. The van der Waals surface area contributed by atoms with E-state index in [1.165, 1.54) is 0 Å². The number of anilines is 1. The molecule has 1 aromatic rings. The number of benzene rings is 1. The van der Waals surface area contributed by atoms with Crippen molar-refractivity contribution < 1.29 is 4.79 Å². The monoisotopic (exact) mass is 286 g/mol. The molecule has 1 aliphatic rings. The lowest BCUT2D eigenvalue weighted by molar-refractivity contribution is -0.117. The Morgan fingerprint density at radius 2 is 2.14 bits per heavy atom. The summed E-state index contributed by atoms with van der Waals surface area (Å²) in [5.41, 5.74) is 2.13. The average Bonchev–Trinajstić information content (AvgIpc) is 2.94. The first-order valence-electron chi connectivity index (χ1n) is 7.19. The van der Waals surface area contributed by atoms with Gasteiger partial charge in [0.05, 0.1) is 0 Å². The molecule has 2 N–H and O–H groups in total. The molecule has 0 radical (unpaired) electrons. The van der Waals surface area contributed by atoms with Crippen LogP contribution in [0.4, 0.5) is 5.69 Å². The number of nitrogens with one attached hydrogen (secondary N) is 2. The van der Waals surface area contributed by atoms with Crippen molar-refractivity contribution in [3.63, 3.8) is 0 Å². The minimum atomic E-state index is 0.218. The van der Waals surface area contributed by atoms with Gasteiger partial charge in [-0.3, -0.25) is 9.79 Å². The zero-order valence-electron chi connectivity index (χ0n) is 12.4. The number of nitrogens with zero attached hydrogens (tertiary/aromatic N) is 2. The number of carbonyl (C=O) groups excluding carboxylic acids is 1. The van der Waals surface area contributed by atoms with Gasteiger partial charge in [0.2, 0.25) is 5.91 Å². The molecule has 1 heterocycles. The van der Waals surface area contributed by atoms with E-state index in [1.807, 2.05) is 29.2 Å². The van der Waals surface area contributed by atoms with Crippen LogP contribution in [0.1, 0.15) is 18.4 Å². The number of hydrogen-bond acceptors (Lipinski definition) is 2. The van der Waals surface area contributed by atoms with Crippen LogP contribution in [0.5, 0.6) is 0 Å². The summed E-state index contributed by atoms with van der Waals surface area (Å²) in [6.07, 6.45) is 3.40. The number of guanidine groups is 1. The molecule has 1 saturated heterocycles. The topological polar surface area (TPSA) is 56.7 Å². The summed E-state index contributed by atoms with van der Waals surface area (Å²) in [6, 6.07) is 8.07. The molecular weight excluding hydrogens is 264 g/mol. The van der Waals surface area contributed by atoms with E-state index in [0.717, 1.165) is 30.2 Å². The van der Waals surface area contributed by atoms with Crippen molar-refractivity contribution in [2.75, 3.05) is 25.0 Å². The molecule has 0 atom stereocenters. The third-order valence-corrected chi connectivity index (χ3v) is 3.42. The van der Waals surface area contributed by atoms with Gasteiger partial charge in [0.25, 0.3) is 0 Å². The molecule has 1 fully saturated rings. The fourth-order valence-corrected chi connectivity index (χ4v) is 2.29. The largest absolute Gasteiger partial charge is 0.353 e. The van der Waals surface area contributed by atoms with Crippen molar-refractivity contribution in [1.82, 2.24) is 10.6 Å². The maximum atomic E-state index is 11.7. The zero-order valence-corrected chi connectivity index (χ0v) is 12.4. The maximum absolute atomic E-state index is 11.7. The number of rotatable bonds is 5. The summed E-state index contributed by atoms with van der Waals surface area (Å²) in [4.78, 5) is 17.7. The van der Waals surface area contributed by atoms with E-state index >= 15 is 0 Å². The zero-order chi connectivity index (χ0) is 15.1. The van der Waals surface area contributed by atoms with Gasteiger partial charge in [0.15, 0.2) is 5.96 Å². The molecule has 5 nitrogen and oxygen atoms in total. The number of aliphatic imine (C=N–C) groups is 1. The van der Waals surface area contributed by atoms with Crippen molar-refractivity contribution in [1.29, 1.82) is 0 Å². The van der Waals surface area contributed by atoms with E-state index in [4.69, 9.17) is 0 Å². The third-order valence-electron chi connectivity index (χ3n) is 3.42. The number of carbonyl (C=O) groups is 1. The lowest BCUT2D eigenvalue weighted by Gasteiger charge is -2.16. The quantitative estimate of drug-likeness (QED) is 0.492. The van der Waals surface area contributed by atoms with Crippen molar-refractivity contribution in [3.05, 3.63) is 42.5 Å². The second-order valence-corrected chi connectivity index (χ2v) is 4.91. The second kappa shape index (κ2) is 7.47. The average molecular weight is 286 g/mol. The summed E-state index contributed by atoms with van der Waals surface area (Å²) in [5.74, 6) is 0.962. The highest BCUT2D eigenvalue weighted by Gasteiger charge is 2.21. The first-order valence-corrected chi connectivity index (χ1v) is 7.19. The summed E-state index contributed by atoms with van der Waals surface area (Å²) in [7, 11) is 1.74. The lowest BCUT2D eigenvalue weighted by Crippen LogP contribution is -2.36. The Balaban J connectivity index is 1.90. The summed E-state index contributed by atoms with van der Waals surface area (Å²) in [6.45, 7) is 5.85. The van der Waals surface area contributed by atoms with Crippen LogP contribution in [0, 0.1) is 0 Å². The summed E-state index contributed by atoms with van der Waals surface area (Å²) < 4.78 is 0. The minimum Gasteiger partial charge on any atom is -0.353 e. The van der Waals surface area contributed by atoms with Crippen molar-refractivity contribution in [2.24, 2.45) is 4.99 Å². The second-order valence-electron chi connectivity index (χ2n) is 4.91. The van der Waals surface area contributed by atoms with E-state index in [1.54, 1.807) is 13.1 Å². The molecule has 0 spiro atoms. The van der Waals surface area contributed by atoms with Crippen LogP contribution in [0.15, 0.2) is 41.9 Å². The van der Waals surface area contributed by atoms with Gasteiger partial charge >= 0.3 is 0 Å². The molecule has 0 unspecified atom stereocenters. The molecule has 5 heteroatoms. The van der Waals surface area contributed by atoms with E-state index in [0.29, 0.717) is 19.5 Å². The fourth-order valence-electron chi connectivity index (χ4n) is 2.29. The predicted molar refractivity (Wildman–Crippen MR) is 86.4 cm³/mol. The predicted octanol–water partition coefficient (Wildman–Crippen LogP) is 1.66. The Morgan fingerprint density at radius 1 is 1.38 bits per heavy atom. The van der Waals surface area contributed by atoms with Gasteiger partial charge in [0, 0.05) is 38.8 Å². The van der Waals surface area contributed by atoms with Crippen molar-refractivity contribution in [2.45, 2.75) is 19.4 Å². The molecule has 2 rings (SSSR count). The van der Waals surface area contributed by atoms with Gasteiger partial charge in [-0.1, -0.05) is 18.2 Å². The van der Waals surface area contributed by atoms with Gasteiger partial charge in [-0.2, -0.15) is 0 Å². The fraction of sp³-hybridized carbons (Fsp3) is 0.375. The van der Waals surface area contributed by atoms with Crippen LogP contribution in [0.3, 0.4) is 0 Å². The molecule has 0 saturated carbocycles. The van der Waals surface area contributed by atoms with Crippen LogP contribution < -0.4 is 15.5 Å². The Morgan fingerprint density at radius 3 is 2.71 bits per heavy atom. The molecule has 1 aliphatic heterocycles. The first kappa shape index (κ1) is 15.1. The standard InChI is InChI=1S/C16H22N4O/c1-3-10-18-16(17-2)19-12-13-6-8-14(9-7-13)20-11-4-5-15(20)21/h3,6-9H,1,4-5,10-12H2,2H3,(H2,17,18,19). The molecule has 1 aromatic carbocycles.